The van der Waals surface area contributed by atoms with E-state index in [1.54, 1.807) is 23.8 Å². The van der Waals surface area contributed by atoms with Gasteiger partial charge in [-0.25, -0.2) is 9.59 Å². The molecule has 2 aliphatic rings. The first-order chi connectivity index (χ1) is 11.8. The van der Waals surface area contributed by atoms with Crippen LogP contribution in [-0.2, 0) is 16.0 Å². The first-order valence-corrected chi connectivity index (χ1v) is 8.58. The Labute approximate surface area is 146 Å². The highest BCUT2D eigenvalue weighted by atomic mass is 16.6. The summed E-state index contributed by atoms with van der Waals surface area (Å²) in [4.78, 5) is 45.6. The lowest BCUT2D eigenvalue weighted by Gasteiger charge is -2.38. The number of likely N-dealkylation sites (tertiary alicyclic amines) is 1. The average molecular weight is 348 g/mol. The van der Waals surface area contributed by atoms with Crippen LogP contribution in [0, 0.1) is 13.8 Å². The highest BCUT2D eigenvalue weighted by Gasteiger charge is 2.47. The Kier molecular flexibility index (Phi) is 4.53. The molecule has 1 unspecified atom stereocenters. The minimum Gasteiger partial charge on any atom is -0.439 e. The number of amides is 2. The summed E-state index contributed by atoms with van der Waals surface area (Å²) in [6.07, 6.45) is 2.17. The van der Waals surface area contributed by atoms with E-state index in [9.17, 15) is 14.4 Å². The zero-order chi connectivity index (χ0) is 18.2. The zero-order valence-corrected chi connectivity index (χ0v) is 14.9. The molecule has 3 rings (SSSR count). The molecule has 2 aliphatic heterocycles. The molecule has 2 saturated heterocycles. The molecule has 8 nitrogen and oxygen atoms in total. The Morgan fingerprint density at radius 3 is 2.72 bits per heavy atom. The molecule has 0 saturated carbocycles. The number of carbonyl (C=O) groups is 2. The number of rotatable bonds is 3. The molecule has 2 fully saturated rings. The van der Waals surface area contributed by atoms with E-state index >= 15 is 0 Å². The Morgan fingerprint density at radius 1 is 1.32 bits per heavy atom. The Balaban J connectivity index is 1.64. The number of likely N-dealkylation sites (N-methyl/N-ethyl adjacent to an activating group) is 1. The fraction of sp³-hybridized carbons (Fsp3) is 0.647. The predicted octanol–water partition coefficient (Wildman–Crippen LogP) is 0.763. The Bertz CT molecular complexity index is 733. The third-order valence-corrected chi connectivity index (χ3v) is 5.07. The van der Waals surface area contributed by atoms with Crippen LogP contribution in [0.2, 0.25) is 0 Å². The molecule has 8 heteroatoms. The number of hydrogen-bond donors (Lipinski definition) is 1. The molecule has 2 amide bonds. The largest absolute Gasteiger partial charge is 0.439 e. The van der Waals surface area contributed by atoms with Crippen molar-refractivity contribution in [1.29, 1.82) is 0 Å². The second kappa shape index (κ2) is 6.50. The van der Waals surface area contributed by atoms with Crippen molar-refractivity contribution in [3.63, 3.8) is 0 Å². The van der Waals surface area contributed by atoms with E-state index in [-0.39, 0.29) is 17.7 Å². The van der Waals surface area contributed by atoms with Gasteiger partial charge in [0.15, 0.2) is 0 Å². The topological polar surface area (TPSA) is 95.6 Å². The van der Waals surface area contributed by atoms with Crippen LogP contribution in [0.4, 0.5) is 4.79 Å². The van der Waals surface area contributed by atoms with Crippen molar-refractivity contribution in [1.82, 2.24) is 19.8 Å². The van der Waals surface area contributed by atoms with Crippen molar-refractivity contribution >= 4 is 12.0 Å². The van der Waals surface area contributed by atoms with Gasteiger partial charge in [-0.2, -0.15) is 4.98 Å². The van der Waals surface area contributed by atoms with Gasteiger partial charge in [0.25, 0.3) is 0 Å². The van der Waals surface area contributed by atoms with Gasteiger partial charge in [-0.05, 0) is 38.7 Å². The van der Waals surface area contributed by atoms with Gasteiger partial charge in [0, 0.05) is 31.4 Å². The van der Waals surface area contributed by atoms with Crippen molar-refractivity contribution in [3.8, 4) is 0 Å². The molecule has 0 bridgehead atoms. The van der Waals surface area contributed by atoms with Crippen LogP contribution in [0.15, 0.2) is 4.79 Å². The minimum absolute atomic E-state index is 0.0367. The SMILES string of the molecule is Cc1nc(=O)[nH]c(C)c1CCC(=O)N1CCCC2(CN(C)C(=O)O2)C1. The maximum Gasteiger partial charge on any atom is 0.410 e. The fourth-order valence-electron chi connectivity index (χ4n) is 3.83. The van der Waals surface area contributed by atoms with Crippen molar-refractivity contribution in [2.45, 2.75) is 45.1 Å². The quantitative estimate of drug-likeness (QED) is 0.870. The van der Waals surface area contributed by atoms with Crippen LogP contribution < -0.4 is 5.69 Å². The van der Waals surface area contributed by atoms with E-state index in [0.29, 0.717) is 38.2 Å². The summed E-state index contributed by atoms with van der Waals surface area (Å²) in [5.74, 6) is 0.0367. The first kappa shape index (κ1) is 17.4. The summed E-state index contributed by atoms with van der Waals surface area (Å²) < 4.78 is 5.54. The Morgan fingerprint density at radius 2 is 2.08 bits per heavy atom. The van der Waals surface area contributed by atoms with Crippen LogP contribution in [0.25, 0.3) is 0 Å². The average Bonchev–Trinajstić information content (AvgIpc) is 2.79. The van der Waals surface area contributed by atoms with Crippen molar-refractivity contribution in [2.24, 2.45) is 0 Å². The number of aromatic nitrogens is 2. The molecular formula is C17H24N4O4. The fourth-order valence-corrected chi connectivity index (χ4v) is 3.83. The molecule has 1 N–H and O–H groups in total. The van der Waals surface area contributed by atoms with Crippen molar-refractivity contribution in [2.75, 3.05) is 26.7 Å². The summed E-state index contributed by atoms with van der Waals surface area (Å²) >= 11 is 0. The van der Waals surface area contributed by atoms with Gasteiger partial charge in [-0.1, -0.05) is 0 Å². The lowest BCUT2D eigenvalue weighted by molar-refractivity contribution is -0.136. The smallest absolute Gasteiger partial charge is 0.410 e. The third kappa shape index (κ3) is 3.52. The van der Waals surface area contributed by atoms with Gasteiger partial charge in [-0.3, -0.25) is 4.79 Å². The standard InChI is InChI=1S/C17H24N4O4/c1-11-13(12(2)19-15(23)18-11)5-6-14(22)21-8-4-7-17(10-21)9-20(3)16(24)25-17/h4-10H2,1-3H3,(H,18,19,23). The summed E-state index contributed by atoms with van der Waals surface area (Å²) in [6.45, 7) is 5.26. The van der Waals surface area contributed by atoms with E-state index in [1.807, 2.05) is 6.92 Å². The van der Waals surface area contributed by atoms with Crippen LogP contribution in [-0.4, -0.2) is 64.1 Å². The van der Waals surface area contributed by atoms with Crippen LogP contribution in [0.5, 0.6) is 0 Å². The highest BCUT2D eigenvalue weighted by Crippen LogP contribution is 2.31. The predicted molar refractivity (Wildman–Crippen MR) is 90.3 cm³/mol. The van der Waals surface area contributed by atoms with Crippen LogP contribution in [0.1, 0.15) is 36.2 Å². The van der Waals surface area contributed by atoms with Gasteiger partial charge in [-0.15, -0.1) is 0 Å². The number of ether oxygens (including phenoxy) is 1. The molecule has 1 spiro atoms. The summed E-state index contributed by atoms with van der Waals surface area (Å²) in [5, 5.41) is 0. The summed E-state index contributed by atoms with van der Waals surface area (Å²) in [5.41, 5.74) is 1.40. The number of nitrogens with zero attached hydrogens (tertiary/aromatic N) is 3. The number of aromatic amines is 1. The Hall–Kier alpha value is -2.38. The lowest BCUT2D eigenvalue weighted by atomic mass is 9.92. The molecule has 136 valence electrons. The number of piperidine rings is 1. The molecule has 0 aromatic carbocycles. The summed E-state index contributed by atoms with van der Waals surface area (Å²) in [6, 6.07) is 0. The normalized spacial score (nSPS) is 23.2. The first-order valence-electron chi connectivity index (χ1n) is 8.58. The molecule has 0 radical (unpaired) electrons. The highest BCUT2D eigenvalue weighted by molar-refractivity contribution is 5.77. The van der Waals surface area contributed by atoms with Gasteiger partial charge in [0.1, 0.15) is 5.60 Å². The molecule has 3 heterocycles. The molecule has 1 atom stereocenters. The van der Waals surface area contributed by atoms with Crippen molar-refractivity contribution < 1.29 is 14.3 Å². The van der Waals surface area contributed by atoms with Crippen LogP contribution in [0.3, 0.4) is 0 Å². The number of carbonyl (C=O) groups excluding carboxylic acids is 2. The molecular weight excluding hydrogens is 324 g/mol. The van der Waals surface area contributed by atoms with Gasteiger partial charge >= 0.3 is 11.8 Å². The maximum atomic E-state index is 12.6. The maximum absolute atomic E-state index is 12.6. The van der Waals surface area contributed by atoms with E-state index in [1.165, 1.54) is 0 Å². The van der Waals surface area contributed by atoms with Crippen molar-refractivity contribution in [3.05, 3.63) is 27.4 Å². The number of nitrogens with one attached hydrogen (secondary N) is 1. The molecule has 1 aromatic rings. The van der Waals surface area contributed by atoms with E-state index in [4.69, 9.17) is 4.74 Å². The van der Waals surface area contributed by atoms with Gasteiger partial charge in [0.2, 0.25) is 5.91 Å². The second-order valence-electron chi connectivity index (χ2n) is 7.06. The monoisotopic (exact) mass is 348 g/mol. The summed E-state index contributed by atoms with van der Waals surface area (Å²) in [7, 11) is 1.71. The number of aryl methyl sites for hydroxylation is 2. The number of H-pyrrole nitrogens is 1. The van der Waals surface area contributed by atoms with Gasteiger partial charge < -0.3 is 19.5 Å². The minimum atomic E-state index is -0.564. The van der Waals surface area contributed by atoms with E-state index in [0.717, 1.165) is 24.1 Å². The van der Waals surface area contributed by atoms with Gasteiger partial charge in [0.05, 0.1) is 13.1 Å². The molecule has 1 aromatic heterocycles. The second-order valence-corrected chi connectivity index (χ2v) is 7.06. The third-order valence-electron chi connectivity index (χ3n) is 5.07. The van der Waals surface area contributed by atoms with E-state index in [2.05, 4.69) is 9.97 Å². The van der Waals surface area contributed by atoms with E-state index < -0.39 is 5.60 Å². The molecule has 0 aliphatic carbocycles. The zero-order valence-electron chi connectivity index (χ0n) is 14.9. The molecule has 25 heavy (non-hydrogen) atoms. The number of hydrogen-bond acceptors (Lipinski definition) is 5. The van der Waals surface area contributed by atoms with Crippen LogP contribution >= 0.6 is 0 Å². The lowest BCUT2D eigenvalue weighted by Crippen LogP contribution is -2.52.